The number of nitrogens with zero attached hydrogens (tertiary/aromatic N) is 1. The molecule has 1 N–H and O–H groups in total. The summed E-state index contributed by atoms with van der Waals surface area (Å²) < 4.78 is 0.959. The fraction of sp³-hybridized carbons (Fsp3) is 0.375. The average Bonchev–Trinajstić information content (AvgIpc) is 1.85. The van der Waals surface area contributed by atoms with Crippen LogP contribution in [-0.4, -0.2) is 10.1 Å². The van der Waals surface area contributed by atoms with Gasteiger partial charge in [0.15, 0.2) is 0 Å². The lowest BCUT2D eigenvalue weighted by atomic mass is 10.2. The van der Waals surface area contributed by atoms with Crippen molar-refractivity contribution in [2.24, 2.45) is 0 Å². The third-order valence-corrected chi connectivity index (χ3v) is 1.82. The van der Waals surface area contributed by atoms with Gasteiger partial charge in [-0.2, -0.15) is 0 Å². The molecule has 0 aliphatic rings. The molecule has 0 bridgehead atoms. The predicted molar refractivity (Wildman–Crippen MR) is 47.3 cm³/mol. The molecule has 0 radical (unpaired) electrons. The van der Waals surface area contributed by atoms with E-state index in [1.54, 1.807) is 6.92 Å². The van der Waals surface area contributed by atoms with Crippen LogP contribution < -0.4 is 0 Å². The van der Waals surface area contributed by atoms with Gasteiger partial charge in [-0.15, -0.1) is 0 Å². The molecule has 0 saturated carbocycles. The largest absolute Gasteiger partial charge is 0.387 e. The average molecular weight is 216 g/mol. The molecule has 60 valence electrons. The molecule has 1 aromatic heterocycles. The van der Waals surface area contributed by atoms with Crippen LogP contribution in [0.5, 0.6) is 0 Å². The maximum absolute atomic E-state index is 9.19. The zero-order valence-corrected chi connectivity index (χ0v) is 8.09. The molecule has 0 aliphatic heterocycles. The minimum Gasteiger partial charge on any atom is -0.387 e. The van der Waals surface area contributed by atoms with E-state index >= 15 is 0 Å². The lowest BCUT2D eigenvalue weighted by molar-refractivity contribution is 0.194. The number of halogens is 1. The van der Waals surface area contributed by atoms with E-state index in [2.05, 4.69) is 20.9 Å². The predicted octanol–water partition coefficient (Wildman–Crippen LogP) is 2.21. The van der Waals surface area contributed by atoms with Gasteiger partial charge in [-0.3, -0.25) is 4.98 Å². The van der Waals surface area contributed by atoms with Crippen molar-refractivity contribution < 1.29 is 5.11 Å². The van der Waals surface area contributed by atoms with E-state index in [0.29, 0.717) is 5.69 Å². The van der Waals surface area contributed by atoms with E-state index in [1.165, 1.54) is 0 Å². The summed E-state index contributed by atoms with van der Waals surface area (Å²) in [7, 11) is 0. The van der Waals surface area contributed by atoms with Crippen molar-refractivity contribution in [3.8, 4) is 0 Å². The van der Waals surface area contributed by atoms with Crippen molar-refractivity contribution in [2.75, 3.05) is 0 Å². The highest BCUT2D eigenvalue weighted by Crippen LogP contribution is 2.16. The van der Waals surface area contributed by atoms with Gasteiger partial charge in [0.05, 0.1) is 11.8 Å². The summed E-state index contributed by atoms with van der Waals surface area (Å²) in [5, 5.41) is 9.19. The van der Waals surface area contributed by atoms with E-state index in [-0.39, 0.29) is 0 Å². The van der Waals surface area contributed by atoms with Crippen LogP contribution in [0.3, 0.4) is 0 Å². The zero-order valence-electron chi connectivity index (χ0n) is 6.50. The van der Waals surface area contributed by atoms with Crippen molar-refractivity contribution >= 4 is 15.9 Å². The summed E-state index contributed by atoms with van der Waals surface area (Å²) in [6, 6.07) is 3.73. The van der Waals surface area contributed by atoms with E-state index in [4.69, 9.17) is 0 Å². The quantitative estimate of drug-likeness (QED) is 0.780. The second-order valence-electron chi connectivity index (χ2n) is 2.53. The summed E-state index contributed by atoms with van der Waals surface area (Å²) in [4.78, 5) is 4.15. The number of aryl methyl sites for hydroxylation is 1. The summed E-state index contributed by atoms with van der Waals surface area (Å²) in [5.41, 5.74) is 1.62. The number of hydrogen-bond acceptors (Lipinski definition) is 2. The Bertz CT molecular complexity index is 240. The molecule has 0 saturated heterocycles. The molecule has 0 aliphatic carbocycles. The minimum absolute atomic E-state index is 0.494. The number of aliphatic hydroxyl groups excluding tert-OH is 1. The van der Waals surface area contributed by atoms with Crippen molar-refractivity contribution in [1.29, 1.82) is 0 Å². The van der Waals surface area contributed by atoms with Gasteiger partial charge in [0, 0.05) is 10.2 Å². The van der Waals surface area contributed by atoms with Crippen molar-refractivity contribution in [1.82, 2.24) is 4.98 Å². The molecular weight excluding hydrogens is 206 g/mol. The molecule has 1 atom stereocenters. The Hall–Kier alpha value is -0.410. The van der Waals surface area contributed by atoms with Crippen LogP contribution in [-0.2, 0) is 0 Å². The number of rotatable bonds is 1. The molecule has 0 spiro atoms. The molecule has 1 unspecified atom stereocenters. The van der Waals surface area contributed by atoms with Crippen LogP contribution in [0.4, 0.5) is 0 Å². The smallest absolute Gasteiger partial charge is 0.0932 e. The molecule has 0 amide bonds. The first-order valence-electron chi connectivity index (χ1n) is 3.42. The highest BCUT2D eigenvalue weighted by molar-refractivity contribution is 9.10. The first-order valence-corrected chi connectivity index (χ1v) is 4.21. The van der Waals surface area contributed by atoms with Gasteiger partial charge in [-0.1, -0.05) is 15.9 Å². The summed E-state index contributed by atoms with van der Waals surface area (Å²) in [5.74, 6) is 0. The topological polar surface area (TPSA) is 33.1 Å². The first-order chi connectivity index (χ1) is 5.09. The van der Waals surface area contributed by atoms with Crippen LogP contribution in [0.2, 0.25) is 0 Å². The van der Waals surface area contributed by atoms with Crippen LogP contribution in [0, 0.1) is 6.92 Å². The molecule has 2 nitrogen and oxygen atoms in total. The van der Waals surface area contributed by atoms with Gasteiger partial charge >= 0.3 is 0 Å². The molecule has 1 rings (SSSR count). The molecule has 0 aromatic carbocycles. The Balaban J connectivity index is 3.08. The standard InChI is InChI=1S/C8H10BrNO/c1-5-3-7(9)4-8(10-5)6(2)11/h3-4,6,11H,1-2H3. The zero-order chi connectivity index (χ0) is 8.43. The van der Waals surface area contributed by atoms with Crippen LogP contribution in [0.25, 0.3) is 0 Å². The Morgan fingerprint density at radius 2 is 2.18 bits per heavy atom. The Morgan fingerprint density at radius 3 is 2.64 bits per heavy atom. The summed E-state index contributed by atoms with van der Waals surface area (Å²) >= 11 is 3.33. The molecule has 11 heavy (non-hydrogen) atoms. The van der Waals surface area contributed by atoms with Gasteiger partial charge in [0.2, 0.25) is 0 Å². The normalized spacial score (nSPS) is 13.1. The third kappa shape index (κ3) is 2.27. The molecular formula is C8H10BrNO. The molecule has 3 heteroatoms. The lowest BCUT2D eigenvalue weighted by Crippen LogP contribution is -1.96. The Kier molecular flexibility index (Phi) is 2.62. The van der Waals surface area contributed by atoms with Gasteiger partial charge in [0.1, 0.15) is 0 Å². The fourth-order valence-corrected chi connectivity index (χ4v) is 1.43. The fourth-order valence-electron chi connectivity index (χ4n) is 0.865. The van der Waals surface area contributed by atoms with E-state index in [0.717, 1.165) is 10.2 Å². The SMILES string of the molecule is Cc1cc(Br)cc(C(C)O)n1. The lowest BCUT2D eigenvalue weighted by Gasteiger charge is -2.04. The van der Waals surface area contributed by atoms with Crippen molar-refractivity contribution in [3.63, 3.8) is 0 Å². The van der Waals surface area contributed by atoms with E-state index in [9.17, 15) is 5.11 Å². The molecule has 1 aromatic rings. The maximum Gasteiger partial charge on any atom is 0.0932 e. The highest BCUT2D eigenvalue weighted by Gasteiger charge is 2.03. The second-order valence-corrected chi connectivity index (χ2v) is 3.44. The number of aromatic nitrogens is 1. The van der Waals surface area contributed by atoms with Gasteiger partial charge in [0.25, 0.3) is 0 Å². The molecule has 0 fully saturated rings. The second kappa shape index (κ2) is 3.32. The van der Waals surface area contributed by atoms with E-state index < -0.39 is 6.10 Å². The Morgan fingerprint density at radius 1 is 1.55 bits per heavy atom. The van der Waals surface area contributed by atoms with E-state index in [1.807, 2.05) is 19.1 Å². The minimum atomic E-state index is -0.494. The summed E-state index contributed by atoms with van der Waals surface area (Å²) in [6.45, 7) is 3.60. The summed E-state index contributed by atoms with van der Waals surface area (Å²) in [6.07, 6.45) is -0.494. The number of aliphatic hydroxyl groups is 1. The molecule has 1 heterocycles. The van der Waals surface area contributed by atoms with Crippen LogP contribution in [0.1, 0.15) is 24.4 Å². The third-order valence-electron chi connectivity index (χ3n) is 1.37. The van der Waals surface area contributed by atoms with Gasteiger partial charge < -0.3 is 5.11 Å². The number of pyridine rings is 1. The van der Waals surface area contributed by atoms with Crippen LogP contribution in [0.15, 0.2) is 16.6 Å². The first kappa shape index (κ1) is 8.68. The van der Waals surface area contributed by atoms with Crippen molar-refractivity contribution in [2.45, 2.75) is 20.0 Å². The Labute approximate surface area is 74.4 Å². The van der Waals surface area contributed by atoms with Crippen molar-refractivity contribution in [3.05, 3.63) is 28.0 Å². The monoisotopic (exact) mass is 215 g/mol. The van der Waals surface area contributed by atoms with Crippen LogP contribution >= 0.6 is 15.9 Å². The number of hydrogen-bond donors (Lipinski definition) is 1. The van der Waals surface area contributed by atoms with Gasteiger partial charge in [-0.25, -0.2) is 0 Å². The highest BCUT2D eigenvalue weighted by atomic mass is 79.9. The maximum atomic E-state index is 9.19. The van der Waals surface area contributed by atoms with Gasteiger partial charge in [-0.05, 0) is 26.0 Å².